The summed E-state index contributed by atoms with van der Waals surface area (Å²) in [5.41, 5.74) is 6.04. The Morgan fingerprint density at radius 2 is 1.89 bits per heavy atom. The molecule has 0 unspecified atom stereocenters. The van der Waals surface area contributed by atoms with E-state index in [1.54, 1.807) is 12.1 Å². The summed E-state index contributed by atoms with van der Waals surface area (Å²) in [6.45, 7) is -0.162. The number of aromatic amines is 1. The molecule has 0 spiro atoms. The van der Waals surface area contributed by atoms with Crippen LogP contribution in [0.1, 0.15) is 66.1 Å². The Morgan fingerprint density at radius 3 is 2.64 bits per heavy atom. The van der Waals surface area contributed by atoms with Crippen molar-refractivity contribution in [2.75, 3.05) is 11.1 Å². The van der Waals surface area contributed by atoms with Crippen LogP contribution in [0.4, 0.5) is 15.8 Å². The molecule has 45 heavy (non-hydrogen) atoms. The highest BCUT2D eigenvalue weighted by molar-refractivity contribution is 7.71. The fourth-order valence-corrected chi connectivity index (χ4v) is 5.47. The van der Waals surface area contributed by atoms with Gasteiger partial charge in [-0.1, -0.05) is 12.1 Å². The first-order valence-electron chi connectivity index (χ1n) is 13.5. The number of nitrogens with zero attached hydrogens (tertiary/aromatic N) is 3. The maximum Gasteiger partial charge on any atom is 0.335 e. The second-order valence-corrected chi connectivity index (χ2v) is 10.8. The Hall–Kier alpha value is -5.77. The summed E-state index contributed by atoms with van der Waals surface area (Å²) in [7, 11) is 0. The Morgan fingerprint density at radius 1 is 1.09 bits per heavy atom. The Balaban J connectivity index is 1.19. The molecule has 0 saturated heterocycles. The van der Waals surface area contributed by atoms with Gasteiger partial charge >= 0.3 is 5.97 Å². The number of nitrogens with one attached hydrogen (secondary N) is 4. The first-order valence-corrected chi connectivity index (χ1v) is 14.0. The molecule has 1 atom stereocenters. The van der Waals surface area contributed by atoms with E-state index >= 15 is 0 Å². The zero-order valence-corrected chi connectivity index (χ0v) is 24.0. The van der Waals surface area contributed by atoms with E-state index in [9.17, 15) is 33.5 Å². The van der Waals surface area contributed by atoms with E-state index in [1.807, 2.05) is 0 Å². The fourth-order valence-electron chi connectivity index (χ4n) is 5.25. The SMILES string of the molecule is Nc1c(NCc2cc(CNC(=O)c3cc(C(=O)N[C@H]4CCc5cc(C(=O)O)ccc54)nc4n[nH]c(=S)n34)ccc2F)c(=O)c1=O. The number of amides is 2. The van der Waals surface area contributed by atoms with E-state index in [2.05, 4.69) is 31.1 Å². The van der Waals surface area contributed by atoms with Crippen LogP contribution in [0.15, 0.2) is 52.1 Å². The van der Waals surface area contributed by atoms with Crippen molar-refractivity contribution in [3.63, 3.8) is 0 Å². The monoisotopic (exact) mass is 630 g/mol. The minimum Gasteiger partial charge on any atom is -0.478 e. The molecule has 0 aliphatic heterocycles. The summed E-state index contributed by atoms with van der Waals surface area (Å²) in [6, 6.07) is 9.79. The maximum atomic E-state index is 14.4. The second kappa shape index (κ2) is 11.4. The first-order chi connectivity index (χ1) is 21.5. The van der Waals surface area contributed by atoms with Crippen LogP contribution in [0.25, 0.3) is 5.78 Å². The number of aromatic nitrogens is 4. The van der Waals surface area contributed by atoms with Gasteiger partial charge in [-0.15, -0.1) is 5.10 Å². The third-order valence-electron chi connectivity index (χ3n) is 7.59. The zero-order chi connectivity index (χ0) is 32.0. The van der Waals surface area contributed by atoms with Gasteiger partial charge in [0.1, 0.15) is 28.6 Å². The van der Waals surface area contributed by atoms with E-state index in [0.717, 1.165) is 11.1 Å². The van der Waals surface area contributed by atoms with Gasteiger partial charge in [0.05, 0.1) is 11.6 Å². The molecule has 228 valence electrons. The van der Waals surface area contributed by atoms with Gasteiger partial charge < -0.3 is 26.8 Å². The van der Waals surface area contributed by atoms with Gasteiger partial charge in [-0.25, -0.2) is 23.7 Å². The fraction of sp³-hybridized carbons (Fsp3) is 0.172. The summed E-state index contributed by atoms with van der Waals surface area (Å²) < 4.78 is 15.8. The number of carboxylic acid groups (broad SMARTS) is 1. The third-order valence-corrected chi connectivity index (χ3v) is 7.87. The lowest BCUT2D eigenvalue weighted by molar-refractivity contribution is 0.0696. The van der Waals surface area contributed by atoms with Crippen LogP contribution in [-0.4, -0.2) is 42.5 Å². The van der Waals surface area contributed by atoms with Crippen molar-refractivity contribution in [3.05, 3.63) is 113 Å². The lowest BCUT2D eigenvalue weighted by atomic mass is 10.0. The molecule has 0 saturated carbocycles. The van der Waals surface area contributed by atoms with Gasteiger partial charge in [0, 0.05) is 18.7 Å². The first kappa shape index (κ1) is 29.3. The lowest BCUT2D eigenvalue weighted by Crippen LogP contribution is -2.37. The number of nitrogens with two attached hydrogens (primary N) is 1. The van der Waals surface area contributed by atoms with Crippen molar-refractivity contribution in [2.45, 2.75) is 32.0 Å². The molecule has 0 fully saturated rings. The van der Waals surface area contributed by atoms with E-state index < -0.39 is 34.5 Å². The zero-order valence-electron chi connectivity index (χ0n) is 23.1. The largest absolute Gasteiger partial charge is 0.478 e. The molecule has 0 bridgehead atoms. The molecule has 2 amide bonds. The van der Waals surface area contributed by atoms with Crippen LogP contribution in [0.5, 0.6) is 0 Å². The molecule has 0 radical (unpaired) electrons. The number of benzene rings is 2. The van der Waals surface area contributed by atoms with Gasteiger partial charge in [0.15, 0.2) is 0 Å². The van der Waals surface area contributed by atoms with Crippen molar-refractivity contribution in [3.8, 4) is 0 Å². The van der Waals surface area contributed by atoms with Gasteiger partial charge in [-0.2, -0.15) is 0 Å². The number of aryl methyl sites for hydroxylation is 1. The number of fused-ring (bicyclic) bond motifs is 2. The number of anilines is 2. The second-order valence-electron chi connectivity index (χ2n) is 10.4. The Labute approximate surface area is 256 Å². The van der Waals surface area contributed by atoms with Crippen molar-refractivity contribution in [2.24, 2.45) is 0 Å². The number of hydrogen-bond donors (Lipinski definition) is 6. The number of nitrogen functional groups attached to an aromatic ring is 1. The molecule has 2 heterocycles. The normalized spacial score (nSPS) is 13.9. The van der Waals surface area contributed by atoms with E-state index in [1.165, 1.54) is 34.7 Å². The summed E-state index contributed by atoms with van der Waals surface area (Å²) in [6.07, 6.45) is 1.14. The van der Waals surface area contributed by atoms with Gasteiger partial charge in [-0.05, 0) is 72.1 Å². The van der Waals surface area contributed by atoms with Crippen LogP contribution in [0.3, 0.4) is 0 Å². The third kappa shape index (κ3) is 5.42. The maximum absolute atomic E-state index is 14.4. The summed E-state index contributed by atoms with van der Waals surface area (Å²) in [5, 5.41) is 24.1. The molecule has 14 nitrogen and oxygen atoms in total. The minimum absolute atomic E-state index is 0.0107. The van der Waals surface area contributed by atoms with Crippen molar-refractivity contribution < 1.29 is 23.9 Å². The van der Waals surface area contributed by atoms with Crippen LogP contribution in [0.2, 0.25) is 0 Å². The van der Waals surface area contributed by atoms with Gasteiger partial charge in [0.25, 0.3) is 28.4 Å². The highest BCUT2D eigenvalue weighted by atomic mass is 32.1. The number of carboxylic acids is 1. The van der Waals surface area contributed by atoms with Crippen LogP contribution in [0, 0.1) is 10.6 Å². The number of carbonyl (C=O) groups is 3. The lowest BCUT2D eigenvalue weighted by Gasteiger charge is -2.15. The highest BCUT2D eigenvalue weighted by Crippen LogP contribution is 2.32. The number of carbonyl (C=O) groups excluding carboxylic acids is 2. The Kier molecular flexibility index (Phi) is 7.41. The smallest absolute Gasteiger partial charge is 0.335 e. The van der Waals surface area contributed by atoms with Crippen molar-refractivity contribution >= 4 is 47.2 Å². The molecule has 1 aliphatic rings. The molecular weight excluding hydrogens is 607 g/mol. The minimum atomic E-state index is -1.04. The van der Waals surface area contributed by atoms with E-state index in [0.29, 0.717) is 18.4 Å². The average Bonchev–Trinajstić information content (AvgIpc) is 3.62. The number of H-pyrrole nitrogens is 1. The molecule has 7 N–H and O–H groups in total. The van der Waals surface area contributed by atoms with Crippen LogP contribution >= 0.6 is 12.2 Å². The van der Waals surface area contributed by atoms with Crippen LogP contribution < -0.4 is 32.5 Å². The molecule has 2 aromatic heterocycles. The Bertz CT molecular complexity index is 2180. The topological polar surface area (TPSA) is 214 Å². The molecule has 3 aromatic carbocycles. The standard InChI is InChI=1S/C29H23FN8O6S/c30-17-5-1-12(7-15(17)11-32-22-21(31)23(39)24(22)40)10-33-26(42)20-9-19(35-28-36-37-29(45)38(20)28)25(41)34-18-6-3-13-8-14(27(43)44)2-4-16(13)18/h1-2,4-5,7-9,18,32H,3,6,10-11,31H2,(H,33,42)(H,34,41)(H,37,45)(H,43,44)/t18-/m0/s1. The number of aromatic carboxylic acids is 1. The summed E-state index contributed by atoms with van der Waals surface area (Å²) in [5.74, 6) is -2.81. The summed E-state index contributed by atoms with van der Waals surface area (Å²) >= 11 is 5.27. The van der Waals surface area contributed by atoms with Crippen LogP contribution in [-0.2, 0) is 19.5 Å². The number of halogens is 1. The predicted molar refractivity (Wildman–Crippen MR) is 161 cm³/mol. The molecular formula is C29H23FN8O6S. The highest BCUT2D eigenvalue weighted by Gasteiger charge is 2.27. The van der Waals surface area contributed by atoms with Crippen molar-refractivity contribution in [1.82, 2.24) is 30.2 Å². The molecule has 16 heteroatoms. The quantitative estimate of drug-likeness (QED) is 0.102. The molecule has 1 aliphatic carbocycles. The van der Waals surface area contributed by atoms with Crippen molar-refractivity contribution in [1.29, 1.82) is 0 Å². The van der Waals surface area contributed by atoms with Gasteiger partial charge in [0.2, 0.25) is 4.77 Å². The average molecular weight is 631 g/mol. The summed E-state index contributed by atoms with van der Waals surface area (Å²) in [4.78, 5) is 65.2. The molecule has 5 aromatic rings. The predicted octanol–water partition coefficient (Wildman–Crippen LogP) is 1.76. The van der Waals surface area contributed by atoms with Gasteiger partial charge in [-0.3, -0.25) is 19.2 Å². The van der Waals surface area contributed by atoms with E-state index in [4.69, 9.17) is 18.0 Å². The van der Waals surface area contributed by atoms with E-state index in [-0.39, 0.29) is 63.6 Å². The molecule has 6 rings (SSSR count). The number of hydrogen-bond acceptors (Lipinski definition) is 10. The number of rotatable bonds is 9.